The van der Waals surface area contributed by atoms with Crippen molar-refractivity contribution in [3.05, 3.63) is 16.6 Å². The molecule has 1 aromatic rings. The average molecular weight is 279 g/mol. The van der Waals surface area contributed by atoms with E-state index in [0.29, 0.717) is 11.6 Å². The Morgan fingerprint density at radius 1 is 1.47 bits per heavy atom. The van der Waals surface area contributed by atoms with E-state index in [1.165, 1.54) is 24.2 Å². The number of thiazole rings is 1. The fraction of sp³-hybridized carbons (Fsp3) is 0.700. The second-order valence-corrected chi connectivity index (χ2v) is 4.57. The molecule has 2 unspecified atom stereocenters. The highest BCUT2D eigenvalue weighted by Gasteiger charge is 2.21. The third-order valence-electron chi connectivity index (χ3n) is 1.65. The van der Waals surface area contributed by atoms with Gasteiger partial charge in [0.05, 0.1) is 0 Å². The molecule has 1 aromatic heterocycles. The molecule has 7 heteroatoms. The van der Waals surface area contributed by atoms with Crippen LogP contribution in [0.1, 0.15) is 44.9 Å². The van der Waals surface area contributed by atoms with Gasteiger partial charge in [0.15, 0.2) is 5.01 Å². The summed E-state index contributed by atoms with van der Waals surface area (Å²) >= 11 is 1.28. The van der Waals surface area contributed by atoms with Gasteiger partial charge in [0.1, 0.15) is 0 Å². The highest BCUT2D eigenvalue weighted by molar-refractivity contribution is 7.30. The van der Waals surface area contributed by atoms with Crippen LogP contribution in [0.5, 0.6) is 0 Å². The molecule has 0 spiro atoms. The Kier molecular flexibility index (Phi) is 10.5. The highest BCUT2D eigenvalue weighted by Crippen LogP contribution is 2.28. The lowest BCUT2D eigenvalue weighted by Gasteiger charge is -2.07. The van der Waals surface area contributed by atoms with Gasteiger partial charge < -0.3 is 9.63 Å². The number of aromatic nitrogens is 1. The maximum atomic E-state index is 10.3. The summed E-state index contributed by atoms with van der Waals surface area (Å²) in [5.74, 6) is 0. The molecule has 2 atom stereocenters. The van der Waals surface area contributed by atoms with Gasteiger partial charge >= 0.3 is 8.25 Å². The van der Waals surface area contributed by atoms with E-state index in [9.17, 15) is 9.46 Å². The maximum absolute atomic E-state index is 10.3. The molecule has 0 amide bonds. The summed E-state index contributed by atoms with van der Waals surface area (Å²) in [5, 5.41) is 2.23. The molecular weight excluding hydrogens is 261 g/mol. The first-order valence-electron chi connectivity index (χ1n) is 5.47. The molecule has 0 radical (unpaired) electrons. The summed E-state index contributed by atoms with van der Waals surface area (Å²) in [6, 6.07) is 0. The number of nitrogens with zero attached hydrogens (tertiary/aromatic N) is 1. The predicted octanol–water partition coefficient (Wildman–Crippen LogP) is 3.02. The van der Waals surface area contributed by atoms with Crippen LogP contribution in [-0.4, -0.2) is 11.6 Å². The smallest absolute Gasteiger partial charge is 0.491 e. The number of unbranched alkanes of at least 4 members (excludes halogenated alkanes) is 1. The normalized spacial score (nSPS) is 12.6. The lowest BCUT2D eigenvalue weighted by Crippen LogP contribution is -2.07. The fourth-order valence-electron chi connectivity index (χ4n) is 0.727. The van der Waals surface area contributed by atoms with E-state index < -0.39 is 14.5 Å². The molecule has 1 rings (SSSR count). The second kappa shape index (κ2) is 10.7. The minimum atomic E-state index is -2.91. The summed E-state index contributed by atoms with van der Waals surface area (Å²) in [4.78, 5) is 14.2. The lowest BCUT2D eigenvalue weighted by molar-refractivity contribution is -0.207. The number of ether oxygens (including phenoxy) is 1. The van der Waals surface area contributed by atoms with Crippen LogP contribution in [0.25, 0.3) is 0 Å². The molecule has 0 saturated heterocycles. The Hall–Kier alpha value is -0.390. The van der Waals surface area contributed by atoms with Crippen LogP contribution in [0.2, 0.25) is 0 Å². The summed E-state index contributed by atoms with van der Waals surface area (Å²) in [5.41, 5.74) is 0. The molecule has 98 valence electrons. The molecule has 0 bridgehead atoms. The third-order valence-corrected chi connectivity index (χ3v) is 2.81. The van der Waals surface area contributed by atoms with Gasteiger partial charge in [-0.05, 0) is 11.5 Å². The van der Waals surface area contributed by atoms with Crippen molar-refractivity contribution in [2.45, 2.75) is 39.9 Å². The SMILES string of the molecule is CCCC.CCOC(O[P+](=O)[O-])c1nccs1. The van der Waals surface area contributed by atoms with Gasteiger partial charge in [0.25, 0.3) is 6.29 Å². The summed E-state index contributed by atoms with van der Waals surface area (Å²) in [7, 11) is -2.91. The van der Waals surface area contributed by atoms with E-state index in [1.54, 1.807) is 18.5 Å². The quantitative estimate of drug-likeness (QED) is 0.591. The third kappa shape index (κ3) is 8.35. The van der Waals surface area contributed by atoms with E-state index in [0.717, 1.165) is 0 Å². The van der Waals surface area contributed by atoms with Crippen molar-refractivity contribution in [3.63, 3.8) is 0 Å². The standard InChI is InChI=1S/C6H8NO4PS.C4H10/c1-2-10-6(11-12(8)9)5-7-3-4-13-5;1-3-4-2/h3-4,6H,2H2,1H3;3-4H2,1-2H3. The first-order chi connectivity index (χ1) is 8.15. The lowest BCUT2D eigenvalue weighted by atomic mass is 10.4. The second-order valence-electron chi connectivity index (χ2n) is 2.99. The zero-order valence-electron chi connectivity index (χ0n) is 10.3. The largest absolute Gasteiger partial charge is 0.566 e. The zero-order valence-corrected chi connectivity index (χ0v) is 12.0. The van der Waals surface area contributed by atoms with Crippen LogP contribution in [0, 0.1) is 0 Å². The molecular formula is C10H18NO4PS. The van der Waals surface area contributed by atoms with Crippen molar-refractivity contribution in [2.24, 2.45) is 0 Å². The van der Waals surface area contributed by atoms with Crippen LogP contribution in [-0.2, 0) is 13.8 Å². The Bertz CT molecular complexity index is 293. The van der Waals surface area contributed by atoms with Gasteiger partial charge in [-0.25, -0.2) is 4.98 Å². The van der Waals surface area contributed by atoms with Gasteiger partial charge in [-0.3, -0.25) is 0 Å². The van der Waals surface area contributed by atoms with Crippen molar-refractivity contribution in [3.8, 4) is 0 Å². The first kappa shape index (κ1) is 16.6. The van der Waals surface area contributed by atoms with Crippen molar-refractivity contribution in [1.82, 2.24) is 4.98 Å². The number of hydrogen-bond acceptors (Lipinski definition) is 6. The summed E-state index contributed by atoms with van der Waals surface area (Å²) in [6.07, 6.45) is 3.30. The van der Waals surface area contributed by atoms with Crippen LogP contribution in [0.4, 0.5) is 0 Å². The molecule has 0 aliphatic heterocycles. The molecule has 0 aliphatic carbocycles. The van der Waals surface area contributed by atoms with Crippen molar-refractivity contribution in [1.29, 1.82) is 0 Å². The Morgan fingerprint density at radius 2 is 2.12 bits per heavy atom. The van der Waals surface area contributed by atoms with Crippen molar-refractivity contribution in [2.75, 3.05) is 6.61 Å². The molecule has 0 fully saturated rings. The van der Waals surface area contributed by atoms with Crippen molar-refractivity contribution >= 4 is 19.6 Å². The van der Waals surface area contributed by atoms with Gasteiger partial charge in [0.2, 0.25) is 0 Å². The van der Waals surface area contributed by atoms with E-state index in [1.807, 2.05) is 0 Å². The first-order valence-corrected chi connectivity index (χ1v) is 7.45. The van der Waals surface area contributed by atoms with Gasteiger partial charge in [-0.1, -0.05) is 26.7 Å². The van der Waals surface area contributed by atoms with Crippen LogP contribution in [0.3, 0.4) is 0 Å². The minimum Gasteiger partial charge on any atom is -0.566 e. The predicted molar refractivity (Wildman–Crippen MR) is 65.8 cm³/mol. The summed E-state index contributed by atoms with van der Waals surface area (Å²) in [6.45, 7) is 6.48. The van der Waals surface area contributed by atoms with E-state index in [4.69, 9.17) is 4.74 Å². The Balaban J connectivity index is 0.000000557. The monoisotopic (exact) mass is 279 g/mol. The van der Waals surface area contributed by atoms with Gasteiger partial charge in [0, 0.05) is 18.2 Å². The van der Waals surface area contributed by atoms with E-state index in [-0.39, 0.29) is 0 Å². The van der Waals surface area contributed by atoms with Crippen LogP contribution in [0.15, 0.2) is 11.6 Å². The average Bonchev–Trinajstić information content (AvgIpc) is 2.82. The van der Waals surface area contributed by atoms with Crippen LogP contribution >= 0.6 is 19.6 Å². The summed E-state index contributed by atoms with van der Waals surface area (Å²) < 4.78 is 19.8. The van der Waals surface area contributed by atoms with Crippen molar-refractivity contribution < 1.29 is 18.7 Å². The van der Waals surface area contributed by atoms with Gasteiger partial charge in [-0.2, -0.15) is 0 Å². The molecule has 0 N–H and O–H groups in total. The number of hydrogen-bond donors (Lipinski definition) is 0. The maximum Gasteiger partial charge on any atom is 0.491 e. The molecule has 0 aliphatic rings. The molecule has 0 aromatic carbocycles. The molecule has 0 saturated carbocycles. The Morgan fingerprint density at radius 3 is 2.47 bits per heavy atom. The molecule has 5 nitrogen and oxygen atoms in total. The molecule has 1 heterocycles. The van der Waals surface area contributed by atoms with Gasteiger partial charge in [-0.15, -0.1) is 15.9 Å². The topological polar surface area (TPSA) is 71.5 Å². The minimum absolute atomic E-state index is 0.368. The highest BCUT2D eigenvalue weighted by atomic mass is 32.1. The Labute approximate surface area is 107 Å². The van der Waals surface area contributed by atoms with E-state index in [2.05, 4.69) is 23.4 Å². The molecule has 17 heavy (non-hydrogen) atoms. The number of rotatable bonds is 6. The fourth-order valence-corrected chi connectivity index (χ4v) is 1.73. The zero-order chi connectivity index (χ0) is 13.1. The van der Waals surface area contributed by atoms with Crippen LogP contribution < -0.4 is 4.89 Å². The van der Waals surface area contributed by atoms with E-state index >= 15 is 0 Å².